The number of hydrogen-bond donors (Lipinski definition) is 1. The number of nitrogens with one attached hydrogen (secondary N) is 1. The fourth-order valence-corrected chi connectivity index (χ4v) is 0.652. The Labute approximate surface area is 57.5 Å². The summed E-state index contributed by atoms with van der Waals surface area (Å²) in [4.78, 5) is 21.3. The van der Waals surface area contributed by atoms with E-state index in [1.165, 1.54) is 13.1 Å². The van der Waals surface area contributed by atoms with Crippen LogP contribution in [0.4, 0.5) is 0 Å². The Bertz CT molecular complexity index is 308. The van der Waals surface area contributed by atoms with Crippen molar-refractivity contribution in [3.63, 3.8) is 0 Å². The van der Waals surface area contributed by atoms with E-state index in [2.05, 4.69) is 5.10 Å². The summed E-state index contributed by atoms with van der Waals surface area (Å²) < 4.78 is 1.16. The second-order valence-electron chi connectivity index (χ2n) is 2.14. The molecule has 10 heavy (non-hydrogen) atoms. The van der Waals surface area contributed by atoms with Gasteiger partial charge in [-0.1, -0.05) is 0 Å². The van der Waals surface area contributed by atoms with Gasteiger partial charge in [-0.15, -0.1) is 0 Å². The number of aryl methyl sites for hydroxylation is 1. The highest BCUT2D eigenvalue weighted by atomic mass is 16.2. The summed E-state index contributed by atoms with van der Waals surface area (Å²) in [5.41, 5.74) is 0.338. The number of rotatable bonds is 0. The third-order valence-corrected chi connectivity index (χ3v) is 1.24. The summed E-state index contributed by atoms with van der Waals surface area (Å²) in [5, 5.41) is 2.36. The molecule has 0 aliphatic rings. The fraction of sp³-hybridized carbons (Fsp3) is 0.333. The van der Waals surface area contributed by atoms with Gasteiger partial charge in [-0.25, -0.2) is 4.68 Å². The molecule has 0 aromatic carbocycles. The number of aromatic nitrogens is 2. The molecule has 1 rings (SSSR count). The summed E-state index contributed by atoms with van der Waals surface area (Å²) in [5.74, 6) is -0.190. The SMILES string of the molecule is CC(=O)n1cc(C)c(=O)[nH]1. The monoisotopic (exact) mass is 140 g/mol. The Morgan fingerprint density at radius 2 is 2.30 bits per heavy atom. The molecule has 0 amide bonds. The molecule has 1 heterocycles. The van der Waals surface area contributed by atoms with Crippen LogP contribution in [0.5, 0.6) is 0 Å². The number of carbonyl (C=O) groups is 1. The number of aromatic amines is 1. The van der Waals surface area contributed by atoms with Crippen molar-refractivity contribution in [2.45, 2.75) is 13.8 Å². The van der Waals surface area contributed by atoms with E-state index in [4.69, 9.17) is 0 Å². The van der Waals surface area contributed by atoms with Crippen LogP contribution in [0.25, 0.3) is 0 Å². The van der Waals surface area contributed by atoms with E-state index in [-0.39, 0.29) is 11.5 Å². The van der Waals surface area contributed by atoms with E-state index < -0.39 is 0 Å². The quantitative estimate of drug-likeness (QED) is 0.557. The Morgan fingerprint density at radius 3 is 2.50 bits per heavy atom. The maximum atomic E-state index is 10.7. The standard InChI is InChI=1S/C6H8N2O2/c1-4-3-8(5(2)9)7-6(4)10/h3H,1-2H3,(H,7,10). The van der Waals surface area contributed by atoms with Gasteiger partial charge in [-0.3, -0.25) is 14.7 Å². The van der Waals surface area contributed by atoms with Gasteiger partial charge in [-0.2, -0.15) is 0 Å². The second-order valence-corrected chi connectivity index (χ2v) is 2.14. The first-order valence-electron chi connectivity index (χ1n) is 2.90. The fourth-order valence-electron chi connectivity index (χ4n) is 0.652. The lowest BCUT2D eigenvalue weighted by Crippen LogP contribution is -2.10. The highest BCUT2D eigenvalue weighted by Gasteiger charge is 1.99. The summed E-state index contributed by atoms with van der Waals surface area (Å²) in [6.07, 6.45) is 1.48. The van der Waals surface area contributed by atoms with E-state index in [9.17, 15) is 9.59 Å². The highest BCUT2D eigenvalue weighted by molar-refractivity contribution is 5.74. The van der Waals surface area contributed by atoms with Crippen LogP contribution in [-0.4, -0.2) is 15.7 Å². The zero-order chi connectivity index (χ0) is 7.72. The lowest BCUT2D eigenvalue weighted by molar-refractivity contribution is 0.0920. The minimum absolute atomic E-state index is 0.190. The van der Waals surface area contributed by atoms with Crippen molar-refractivity contribution in [3.05, 3.63) is 22.1 Å². The average Bonchev–Trinajstić information content (AvgIpc) is 2.13. The lowest BCUT2D eigenvalue weighted by atomic mass is 10.4. The van der Waals surface area contributed by atoms with E-state index in [0.29, 0.717) is 5.56 Å². The molecule has 1 aromatic heterocycles. The van der Waals surface area contributed by atoms with Crippen LogP contribution in [0, 0.1) is 6.92 Å². The van der Waals surface area contributed by atoms with Crippen LogP contribution in [0.15, 0.2) is 11.0 Å². The molecule has 4 heteroatoms. The second kappa shape index (κ2) is 2.13. The van der Waals surface area contributed by atoms with Crippen LogP contribution in [0.2, 0.25) is 0 Å². The number of hydrogen-bond acceptors (Lipinski definition) is 2. The zero-order valence-corrected chi connectivity index (χ0v) is 5.84. The molecule has 1 aromatic rings. The first-order valence-corrected chi connectivity index (χ1v) is 2.90. The summed E-state index contributed by atoms with van der Waals surface area (Å²) in [6, 6.07) is 0. The van der Waals surface area contributed by atoms with Crippen molar-refractivity contribution in [2.24, 2.45) is 0 Å². The number of carbonyl (C=O) groups excluding carboxylic acids is 1. The van der Waals surface area contributed by atoms with E-state index >= 15 is 0 Å². The van der Waals surface area contributed by atoms with Gasteiger partial charge in [0.1, 0.15) is 0 Å². The molecule has 4 nitrogen and oxygen atoms in total. The van der Waals surface area contributed by atoms with Crippen LogP contribution >= 0.6 is 0 Å². The van der Waals surface area contributed by atoms with E-state index in [0.717, 1.165) is 4.68 Å². The highest BCUT2D eigenvalue weighted by Crippen LogP contribution is 1.85. The Hall–Kier alpha value is -1.32. The predicted molar refractivity (Wildman–Crippen MR) is 36.1 cm³/mol. The van der Waals surface area contributed by atoms with Gasteiger partial charge < -0.3 is 0 Å². The van der Waals surface area contributed by atoms with Gasteiger partial charge in [0.25, 0.3) is 5.56 Å². The first kappa shape index (κ1) is 6.80. The van der Waals surface area contributed by atoms with Gasteiger partial charge in [0.15, 0.2) is 0 Å². The molecule has 0 unspecified atom stereocenters. The first-order chi connectivity index (χ1) is 4.61. The molecule has 0 bridgehead atoms. The summed E-state index contributed by atoms with van der Waals surface area (Å²) in [7, 11) is 0. The Kier molecular flexibility index (Phi) is 1.45. The average molecular weight is 140 g/mol. The van der Waals surface area contributed by atoms with Gasteiger partial charge in [-0.05, 0) is 6.92 Å². The molecule has 0 atom stereocenters. The predicted octanol–water partition coefficient (Wildman–Crippen LogP) is 0.145. The minimum Gasteiger partial charge on any atom is -0.273 e. The van der Waals surface area contributed by atoms with Gasteiger partial charge in [0.2, 0.25) is 5.91 Å². The molecule has 0 radical (unpaired) electrons. The zero-order valence-electron chi connectivity index (χ0n) is 5.84. The van der Waals surface area contributed by atoms with Crippen molar-refractivity contribution >= 4 is 5.91 Å². The molecule has 0 saturated heterocycles. The smallest absolute Gasteiger partial charge is 0.267 e. The molecule has 0 saturated carbocycles. The van der Waals surface area contributed by atoms with Crippen molar-refractivity contribution in [3.8, 4) is 0 Å². The number of H-pyrrole nitrogens is 1. The molecule has 54 valence electrons. The molecule has 1 N–H and O–H groups in total. The van der Waals surface area contributed by atoms with Gasteiger partial charge in [0.05, 0.1) is 0 Å². The van der Waals surface area contributed by atoms with Crippen molar-refractivity contribution in [1.29, 1.82) is 0 Å². The third kappa shape index (κ3) is 1.00. The largest absolute Gasteiger partial charge is 0.273 e. The Morgan fingerprint density at radius 1 is 1.70 bits per heavy atom. The molecule has 0 fully saturated rings. The summed E-state index contributed by atoms with van der Waals surface area (Å²) >= 11 is 0. The number of nitrogens with zero attached hydrogens (tertiary/aromatic N) is 1. The topological polar surface area (TPSA) is 54.9 Å². The minimum atomic E-state index is -0.213. The Balaban J connectivity index is 3.23. The van der Waals surface area contributed by atoms with Gasteiger partial charge in [0, 0.05) is 18.7 Å². The van der Waals surface area contributed by atoms with Gasteiger partial charge >= 0.3 is 0 Å². The lowest BCUT2D eigenvalue weighted by Gasteiger charge is -1.89. The molecule has 0 spiro atoms. The van der Waals surface area contributed by atoms with E-state index in [1.807, 2.05) is 0 Å². The normalized spacial score (nSPS) is 9.80. The molecular weight excluding hydrogens is 132 g/mol. The summed E-state index contributed by atoms with van der Waals surface area (Å²) in [6.45, 7) is 3.04. The van der Waals surface area contributed by atoms with E-state index in [1.54, 1.807) is 6.92 Å². The third-order valence-electron chi connectivity index (χ3n) is 1.24. The molecule has 0 aliphatic heterocycles. The maximum Gasteiger partial charge on any atom is 0.267 e. The van der Waals surface area contributed by atoms with Crippen molar-refractivity contribution < 1.29 is 4.79 Å². The van der Waals surface area contributed by atoms with Crippen molar-refractivity contribution in [1.82, 2.24) is 9.78 Å². The van der Waals surface area contributed by atoms with Crippen LogP contribution in [0.3, 0.4) is 0 Å². The van der Waals surface area contributed by atoms with Crippen molar-refractivity contribution in [2.75, 3.05) is 0 Å². The van der Waals surface area contributed by atoms with Crippen LogP contribution in [0.1, 0.15) is 17.3 Å². The van der Waals surface area contributed by atoms with Crippen LogP contribution in [-0.2, 0) is 0 Å². The molecular formula is C6H8N2O2. The molecule has 0 aliphatic carbocycles. The maximum absolute atomic E-state index is 10.7. The van der Waals surface area contributed by atoms with Crippen LogP contribution < -0.4 is 5.56 Å².